The minimum absolute atomic E-state index is 0.127. The van der Waals surface area contributed by atoms with Crippen LogP contribution in [0.1, 0.15) is 26.7 Å². The van der Waals surface area contributed by atoms with E-state index < -0.39 is 0 Å². The molecule has 0 atom stereocenters. The highest BCUT2D eigenvalue weighted by atomic mass is 32.2. The van der Waals surface area contributed by atoms with Crippen molar-refractivity contribution in [2.45, 2.75) is 37.6 Å². The van der Waals surface area contributed by atoms with E-state index in [-0.39, 0.29) is 5.91 Å². The summed E-state index contributed by atoms with van der Waals surface area (Å²) < 4.78 is 0. The van der Waals surface area contributed by atoms with Gasteiger partial charge in [0, 0.05) is 10.9 Å². The van der Waals surface area contributed by atoms with Crippen molar-refractivity contribution >= 4 is 17.7 Å². The van der Waals surface area contributed by atoms with Gasteiger partial charge in [-0.3, -0.25) is 4.79 Å². The standard InChI is InChI=1S/C13H19NOS/c1-3-11(4-2)14-13(15)10-16-12-8-6-5-7-9-12/h5-9,11H,3-4,10H2,1-2H3,(H,14,15). The monoisotopic (exact) mass is 237 g/mol. The number of carbonyl (C=O) groups excluding carboxylic acids is 1. The average Bonchev–Trinajstić information content (AvgIpc) is 2.34. The zero-order chi connectivity index (χ0) is 11.8. The van der Waals surface area contributed by atoms with Gasteiger partial charge >= 0.3 is 0 Å². The van der Waals surface area contributed by atoms with Crippen molar-refractivity contribution in [3.63, 3.8) is 0 Å². The van der Waals surface area contributed by atoms with Gasteiger partial charge in [-0.2, -0.15) is 0 Å². The lowest BCUT2D eigenvalue weighted by Crippen LogP contribution is -2.34. The van der Waals surface area contributed by atoms with E-state index in [4.69, 9.17) is 0 Å². The summed E-state index contributed by atoms with van der Waals surface area (Å²) in [4.78, 5) is 12.8. The molecule has 0 aliphatic rings. The summed E-state index contributed by atoms with van der Waals surface area (Å²) in [5, 5.41) is 3.03. The van der Waals surface area contributed by atoms with Crippen LogP contribution < -0.4 is 5.32 Å². The summed E-state index contributed by atoms with van der Waals surface area (Å²) in [6, 6.07) is 10.3. The third-order valence-electron chi connectivity index (χ3n) is 2.46. The normalized spacial score (nSPS) is 10.4. The van der Waals surface area contributed by atoms with Crippen LogP contribution in [0.15, 0.2) is 35.2 Å². The summed E-state index contributed by atoms with van der Waals surface area (Å²) in [7, 11) is 0. The number of thioether (sulfide) groups is 1. The average molecular weight is 237 g/mol. The molecule has 0 saturated heterocycles. The van der Waals surface area contributed by atoms with Crippen molar-refractivity contribution < 1.29 is 4.79 Å². The fourth-order valence-corrected chi connectivity index (χ4v) is 2.16. The Labute approximate surface area is 102 Å². The van der Waals surface area contributed by atoms with Gasteiger partial charge in [0.05, 0.1) is 5.75 Å². The second kappa shape index (κ2) is 7.34. The molecule has 0 radical (unpaired) electrons. The van der Waals surface area contributed by atoms with Gasteiger partial charge in [-0.15, -0.1) is 11.8 Å². The second-order valence-electron chi connectivity index (χ2n) is 3.68. The molecule has 1 aromatic carbocycles. The van der Waals surface area contributed by atoms with Gasteiger partial charge in [0.15, 0.2) is 0 Å². The molecule has 1 amide bonds. The van der Waals surface area contributed by atoms with E-state index >= 15 is 0 Å². The van der Waals surface area contributed by atoms with E-state index in [0.717, 1.165) is 17.7 Å². The first-order chi connectivity index (χ1) is 7.76. The lowest BCUT2D eigenvalue weighted by atomic mass is 10.2. The van der Waals surface area contributed by atoms with Gasteiger partial charge in [-0.1, -0.05) is 32.0 Å². The van der Waals surface area contributed by atoms with Gasteiger partial charge in [0.25, 0.3) is 0 Å². The molecule has 0 aliphatic heterocycles. The predicted octanol–water partition coefficient (Wildman–Crippen LogP) is 3.08. The van der Waals surface area contributed by atoms with E-state index in [1.54, 1.807) is 11.8 Å². The molecule has 0 spiro atoms. The highest BCUT2D eigenvalue weighted by Gasteiger charge is 2.08. The molecule has 0 unspecified atom stereocenters. The quantitative estimate of drug-likeness (QED) is 0.770. The zero-order valence-corrected chi connectivity index (χ0v) is 10.7. The molecule has 88 valence electrons. The lowest BCUT2D eigenvalue weighted by Gasteiger charge is -2.14. The van der Waals surface area contributed by atoms with Crippen LogP contribution in [0.25, 0.3) is 0 Å². The van der Waals surface area contributed by atoms with Crippen molar-refractivity contribution in [2.75, 3.05) is 5.75 Å². The van der Waals surface area contributed by atoms with Crippen LogP contribution >= 0.6 is 11.8 Å². The highest BCUT2D eigenvalue weighted by Crippen LogP contribution is 2.16. The Bertz CT molecular complexity index is 309. The molecule has 1 rings (SSSR count). The summed E-state index contributed by atoms with van der Waals surface area (Å²) in [5.41, 5.74) is 0. The van der Waals surface area contributed by atoms with Gasteiger partial charge in [0.2, 0.25) is 5.91 Å². The highest BCUT2D eigenvalue weighted by molar-refractivity contribution is 8.00. The largest absolute Gasteiger partial charge is 0.353 e. The van der Waals surface area contributed by atoms with Crippen LogP contribution in [0.4, 0.5) is 0 Å². The molecule has 1 aromatic rings. The second-order valence-corrected chi connectivity index (χ2v) is 4.73. The van der Waals surface area contributed by atoms with Gasteiger partial charge in [-0.25, -0.2) is 0 Å². The van der Waals surface area contributed by atoms with Crippen LogP contribution in [0.3, 0.4) is 0 Å². The number of hydrogen-bond acceptors (Lipinski definition) is 2. The van der Waals surface area contributed by atoms with Gasteiger partial charge in [-0.05, 0) is 25.0 Å². The van der Waals surface area contributed by atoms with Crippen LogP contribution in [0, 0.1) is 0 Å². The Morgan fingerprint density at radius 1 is 1.25 bits per heavy atom. The van der Waals surface area contributed by atoms with Crippen molar-refractivity contribution in [3.8, 4) is 0 Å². The van der Waals surface area contributed by atoms with Crippen LogP contribution in [-0.2, 0) is 4.79 Å². The van der Waals surface area contributed by atoms with E-state index in [2.05, 4.69) is 19.2 Å². The molecule has 3 heteroatoms. The summed E-state index contributed by atoms with van der Waals surface area (Å²) in [6.45, 7) is 4.19. The number of nitrogens with one attached hydrogen (secondary N) is 1. The number of rotatable bonds is 6. The maximum atomic E-state index is 11.6. The maximum absolute atomic E-state index is 11.6. The maximum Gasteiger partial charge on any atom is 0.230 e. The molecule has 0 saturated carbocycles. The molecule has 2 nitrogen and oxygen atoms in total. The molecule has 0 heterocycles. The lowest BCUT2D eigenvalue weighted by molar-refractivity contribution is -0.119. The van der Waals surface area contributed by atoms with E-state index in [1.807, 2.05) is 30.3 Å². The van der Waals surface area contributed by atoms with Crippen molar-refractivity contribution in [1.29, 1.82) is 0 Å². The molecule has 0 fully saturated rings. The third-order valence-corrected chi connectivity index (χ3v) is 3.48. The van der Waals surface area contributed by atoms with Crippen LogP contribution in [0.2, 0.25) is 0 Å². The van der Waals surface area contributed by atoms with Gasteiger partial charge < -0.3 is 5.32 Å². The SMILES string of the molecule is CCC(CC)NC(=O)CSc1ccccc1. The first-order valence-corrected chi connectivity index (χ1v) is 6.72. The number of hydrogen-bond donors (Lipinski definition) is 1. The molecular weight excluding hydrogens is 218 g/mol. The smallest absolute Gasteiger partial charge is 0.230 e. The topological polar surface area (TPSA) is 29.1 Å². The van der Waals surface area contributed by atoms with E-state index in [0.29, 0.717) is 11.8 Å². The Morgan fingerprint density at radius 3 is 2.44 bits per heavy atom. The Hall–Kier alpha value is -0.960. The molecule has 0 aliphatic carbocycles. The minimum atomic E-state index is 0.127. The molecular formula is C13H19NOS. The first kappa shape index (κ1) is 13.1. The Balaban J connectivity index is 2.30. The number of benzene rings is 1. The molecule has 1 N–H and O–H groups in total. The van der Waals surface area contributed by atoms with Crippen molar-refractivity contribution in [2.24, 2.45) is 0 Å². The summed E-state index contributed by atoms with van der Waals surface area (Å²) in [5.74, 6) is 0.628. The van der Waals surface area contributed by atoms with Crippen molar-refractivity contribution in [3.05, 3.63) is 30.3 Å². The predicted molar refractivity (Wildman–Crippen MR) is 69.7 cm³/mol. The van der Waals surface area contributed by atoms with Crippen LogP contribution in [-0.4, -0.2) is 17.7 Å². The Kier molecular flexibility index (Phi) is 6.01. The summed E-state index contributed by atoms with van der Waals surface area (Å²) in [6.07, 6.45) is 2.00. The Morgan fingerprint density at radius 2 is 1.88 bits per heavy atom. The van der Waals surface area contributed by atoms with E-state index in [9.17, 15) is 4.79 Å². The number of amides is 1. The third kappa shape index (κ3) is 4.71. The number of carbonyl (C=O) groups is 1. The van der Waals surface area contributed by atoms with Crippen molar-refractivity contribution in [1.82, 2.24) is 5.32 Å². The minimum Gasteiger partial charge on any atom is -0.353 e. The van der Waals surface area contributed by atoms with Gasteiger partial charge in [0.1, 0.15) is 0 Å². The van der Waals surface area contributed by atoms with Crippen LogP contribution in [0.5, 0.6) is 0 Å². The summed E-state index contributed by atoms with van der Waals surface area (Å²) >= 11 is 1.58. The fourth-order valence-electron chi connectivity index (χ4n) is 1.43. The molecule has 0 bridgehead atoms. The molecule has 16 heavy (non-hydrogen) atoms. The zero-order valence-electron chi connectivity index (χ0n) is 9.90. The van der Waals surface area contributed by atoms with E-state index in [1.165, 1.54) is 0 Å². The fraction of sp³-hybridized carbons (Fsp3) is 0.462. The molecule has 0 aromatic heterocycles. The first-order valence-electron chi connectivity index (χ1n) is 5.73.